The van der Waals surface area contributed by atoms with Gasteiger partial charge in [0.1, 0.15) is 0 Å². The van der Waals surface area contributed by atoms with E-state index < -0.39 is 14.9 Å². The maximum atomic E-state index is 12.7. The third kappa shape index (κ3) is 3.91. The smallest absolute Gasteiger partial charge is 0.270 e. The summed E-state index contributed by atoms with van der Waals surface area (Å²) in [5.74, 6) is 0. The summed E-state index contributed by atoms with van der Waals surface area (Å²) in [6.07, 6.45) is 0. The van der Waals surface area contributed by atoms with Crippen molar-refractivity contribution in [2.24, 2.45) is 7.05 Å². The SMILES string of the molecule is Cc1ccc([N+](=O)[O-])cc1S(=O)(=O)Nc1cccc(-c2ccc(=O)n(C)n2)c1. The number of nitrogens with zero attached hydrogens (tertiary/aromatic N) is 3. The highest BCUT2D eigenvalue weighted by Crippen LogP contribution is 2.26. The molecule has 0 saturated carbocycles. The first-order valence-corrected chi connectivity index (χ1v) is 9.58. The number of hydrogen-bond donors (Lipinski definition) is 1. The van der Waals surface area contributed by atoms with Gasteiger partial charge in [-0.05, 0) is 30.7 Å². The molecule has 1 aromatic heterocycles. The normalized spacial score (nSPS) is 11.2. The summed E-state index contributed by atoms with van der Waals surface area (Å²) < 4.78 is 29.1. The molecule has 0 bridgehead atoms. The second-order valence-corrected chi connectivity index (χ2v) is 7.72. The molecule has 0 aliphatic rings. The zero-order valence-corrected chi connectivity index (χ0v) is 15.8. The number of nitro groups is 1. The molecular weight excluding hydrogens is 384 g/mol. The summed E-state index contributed by atoms with van der Waals surface area (Å²) in [6, 6.07) is 13.1. The third-order valence-corrected chi connectivity index (χ3v) is 5.57. The van der Waals surface area contributed by atoms with E-state index in [0.29, 0.717) is 16.8 Å². The highest BCUT2D eigenvalue weighted by Gasteiger charge is 2.21. The minimum atomic E-state index is -4.04. The van der Waals surface area contributed by atoms with E-state index in [9.17, 15) is 23.3 Å². The second-order valence-electron chi connectivity index (χ2n) is 6.07. The summed E-state index contributed by atoms with van der Waals surface area (Å²) in [5, 5.41) is 15.1. The van der Waals surface area contributed by atoms with E-state index in [0.717, 1.165) is 6.07 Å². The number of aryl methyl sites for hydroxylation is 2. The van der Waals surface area contributed by atoms with Gasteiger partial charge in [-0.15, -0.1) is 0 Å². The minimum absolute atomic E-state index is 0.174. The average molecular weight is 400 g/mol. The fourth-order valence-electron chi connectivity index (χ4n) is 2.60. The van der Waals surface area contributed by atoms with Gasteiger partial charge in [0, 0.05) is 36.5 Å². The Hall–Kier alpha value is -3.53. The van der Waals surface area contributed by atoms with Gasteiger partial charge in [0.2, 0.25) is 0 Å². The number of nitro benzene ring substituents is 1. The van der Waals surface area contributed by atoms with E-state index in [1.54, 1.807) is 37.3 Å². The molecule has 0 spiro atoms. The largest absolute Gasteiger partial charge is 0.280 e. The predicted octanol–water partition coefficient (Wildman–Crippen LogP) is 2.46. The Morgan fingerprint density at radius 3 is 2.54 bits per heavy atom. The lowest BCUT2D eigenvalue weighted by atomic mass is 10.1. The van der Waals surface area contributed by atoms with Gasteiger partial charge in [-0.2, -0.15) is 5.10 Å². The Morgan fingerprint density at radius 1 is 1.11 bits per heavy atom. The molecule has 0 aliphatic heterocycles. The van der Waals surface area contributed by atoms with Gasteiger partial charge in [0.15, 0.2) is 0 Å². The Labute approximate surface area is 160 Å². The zero-order chi connectivity index (χ0) is 20.5. The van der Waals surface area contributed by atoms with Gasteiger partial charge < -0.3 is 0 Å². The molecule has 9 nitrogen and oxygen atoms in total. The van der Waals surface area contributed by atoms with Gasteiger partial charge in [-0.25, -0.2) is 13.1 Å². The molecule has 0 amide bonds. The van der Waals surface area contributed by atoms with Gasteiger partial charge in [-0.1, -0.05) is 18.2 Å². The first-order valence-electron chi connectivity index (χ1n) is 8.10. The number of anilines is 1. The number of aromatic nitrogens is 2. The number of benzene rings is 2. The Balaban J connectivity index is 1.97. The molecule has 0 saturated heterocycles. The van der Waals surface area contributed by atoms with Crippen LogP contribution in [0.3, 0.4) is 0 Å². The summed E-state index contributed by atoms with van der Waals surface area (Å²) >= 11 is 0. The van der Waals surface area contributed by atoms with E-state index in [4.69, 9.17) is 0 Å². The van der Waals surface area contributed by atoms with E-state index in [2.05, 4.69) is 9.82 Å². The molecule has 1 heterocycles. The van der Waals surface area contributed by atoms with Crippen LogP contribution in [0.25, 0.3) is 11.3 Å². The molecule has 10 heteroatoms. The van der Waals surface area contributed by atoms with Crippen molar-refractivity contribution in [3.63, 3.8) is 0 Å². The fourth-order valence-corrected chi connectivity index (χ4v) is 3.92. The predicted molar refractivity (Wildman–Crippen MR) is 104 cm³/mol. The average Bonchev–Trinajstić information content (AvgIpc) is 2.64. The second kappa shape index (κ2) is 7.24. The van der Waals surface area contributed by atoms with Crippen LogP contribution < -0.4 is 10.3 Å². The zero-order valence-electron chi connectivity index (χ0n) is 15.0. The molecule has 3 aromatic rings. The van der Waals surface area contributed by atoms with Crippen LogP contribution >= 0.6 is 0 Å². The van der Waals surface area contributed by atoms with E-state index in [1.165, 1.54) is 29.9 Å². The van der Waals surface area contributed by atoms with Crippen LogP contribution in [0.2, 0.25) is 0 Å². The molecule has 1 N–H and O–H groups in total. The first kappa shape index (κ1) is 19.2. The van der Waals surface area contributed by atoms with Crippen LogP contribution in [0.15, 0.2) is 64.3 Å². The molecule has 144 valence electrons. The lowest BCUT2D eigenvalue weighted by Crippen LogP contribution is -2.18. The van der Waals surface area contributed by atoms with Crippen LogP contribution in [0.1, 0.15) is 5.56 Å². The van der Waals surface area contributed by atoms with Gasteiger partial charge in [-0.3, -0.25) is 19.6 Å². The molecule has 0 aliphatic carbocycles. The molecule has 0 fully saturated rings. The van der Waals surface area contributed by atoms with Crippen molar-refractivity contribution in [2.45, 2.75) is 11.8 Å². The third-order valence-electron chi connectivity index (χ3n) is 4.04. The highest BCUT2D eigenvalue weighted by atomic mass is 32.2. The van der Waals surface area contributed by atoms with Crippen molar-refractivity contribution in [3.05, 3.63) is 80.6 Å². The monoisotopic (exact) mass is 400 g/mol. The van der Waals surface area contributed by atoms with Crippen LogP contribution in [-0.4, -0.2) is 23.1 Å². The van der Waals surface area contributed by atoms with Crippen molar-refractivity contribution in [3.8, 4) is 11.3 Å². The Morgan fingerprint density at radius 2 is 1.86 bits per heavy atom. The quantitative estimate of drug-likeness (QED) is 0.518. The number of hydrogen-bond acceptors (Lipinski definition) is 6. The molecule has 0 unspecified atom stereocenters. The van der Waals surface area contributed by atoms with Gasteiger partial charge >= 0.3 is 0 Å². The summed E-state index contributed by atoms with van der Waals surface area (Å²) in [6.45, 7) is 1.56. The molecular formula is C18H16N4O5S. The topological polar surface area (TPSA) is 124 Å². The highest BCUT2D eigenvalue weighted by molar-refractivity contribution is 7.92. The van der Waals surface area contributed by atoms with E-state index >= 15 is 0 Å². The van der Waals surface area contributed by atoms with E-state index in [1.807, 2.05) is 0 Å². The van der Waals surface area contributed by atoms with Gasteiger partial charge in [0.05, 0.1) is 15.5 Å². The molecule has 0 atom stereocenters. The molecule has 28 heavy (non-hydrogen) atoms. The summed E-state index contributed by atoms with van der Waals surface area (Å²) in [4.78, 5) is 21.6. The number of nitrogens with one attached hydrogen (secondary N) is 1. The van der Waals surface area contributed by atoms with Crippen molar-refractivity contribution in [2.75, 3.05) is 4.72 Å². The lowest BCUT2D eigenvalue weighted by Gasteiger charge is -2.11. The molecule has 0 radical (unpaired) electrons. The maximum Gasteiger partial charge on any atom is 0.270 e. The van der Waals surface area contributed by atoms with Crippen LogP contribution in [0, 0.1) is 17.0 Å². The number of non-ortho nitro benzene ring substituents is 1. The number of rotatable bonds is 5. The van der Waals surface area contributed by atoms with Crippen molar-refractivity contribution < 1.29 is 13.3 Å². The van der Waals surface area contributed by atoms with Crippen molar-refractivity contribution in [1.29, 1.82) is 0 Å². The fraction of sp³-hybridized carbons (Fsp3) is 0.111. The minimum Gasteiger partial charge on any atom is -0.280 e. The maximum absolute atomic E-state index is 12.7. The standard InChI is InChI=1S/C18H16N4O5S/c1-12-6-7-15(22(24)25)11-17(12)28(26,27)20-14-5-3-4-13(10-14)16-8-9-18(23)21(2)19-16/h3-11,20H,1-2H3. The Kier molecular flexibility index (Phi) is 4.97. The van der Waals surface area contributed by atoms with Crippen LogP contribution in [0.5, 0.6) is 0 Å². The molecule has 2 aromatic carbocycles. The molecule has 3 rings (SSSR count). The number of sulfonamides is 1. The first-order chi connectivity index (χ1) is 13.2. The summed E-state index contributed by atoms with van der Waals surface area (Å²) in [7, 11) is -2.53. The van der Waals surface area contributed by atoms with Crippen LogP contribution in [0.4, 0.5) is 11.4 Å². The van der Waals surface area contributed by atoms with Gasteiger partial charge in [0.25, 0.3) is 21.3 Å². The Bertz CT molecular complexity index is 1230. The summed E-state index contributed by atoms with van der Waals surface area (Å²) in [5.41, 5.74) is 1.17. The van der Waals surface area contributed by atoms with Crippen molar-refractivity contribution in [1.82, 2.24) is 9.78 Å². The lowest BCUT2D eigenvalue weighted by molar-refractivity contribution is -0.385. The van der Waals surface area contributed by atoms with Crippen molar-refractivity contribution >= 4 is 21.4 Å². The van der Waals surface area contributed by atoms with E-state index in [-0.39, 0.29) is 21.8 Å². The van der Waals surface area contributed by atoms with Crippen LogP contribution in [-0.2, 0) is 17.1 Å².